The highest BCUT2D eigenvalue weighted by Crippen LogP contribution is 2.38. The number of benzene rings is 1. The number of hydrogen-bond donors (Lipinski definition) is 1. The van der Waals surface area contributed by atoms with E-state index in [1.807, 2.05) is 0 Å². The molecule has 1 aromatic carbocycles. The Morgan fingerprint density at radius 3 is 2.48 bits per heavy atom. The number of rotatable bonds is 5. The van der Waals surface area contributed by atoms with Crippen molar-refractivity contribution in [2.45, 2.75) is 59.4 Å². The minimum atomic E-state index is 0.160. The first kappa shape index (κ1) is 18.4. The molecule has 1 N–H and O–H groups in total. The van der Waals surface area contributed by atoms with E-state index in [4.69, 9.17) is 0 Å². The molecule has 1 aliphatic carbocycles. The van der Waals surface area contributed by atoms with Crippen molar-refractivity contribution in [3.8, 4) is 0 Å². The van der Waals surface area contributed by atoms with E-state index in [0.717, 1.165) is 18.7 Å². The van der Waals surface area contributed by atoms with Gasteiger partial charge in [-0.25, -0.2) is 0 Å². The Balaban J connectivity index is 1.59. The lowest BCUT2D eigenvalue weighted by atomic mass is 9.70. The Bertz CT molecular complexity index is 560. The molecule has 1 amide bonds. The number of anilines is 1. The largest absolute Gasteiger partial charge is 0.326 e. The molecule has 3 nitrogen and oxygen atoms in total. The van der Waals surface area contributed by atoms with E-state index < -0.39 is 0 Å². The number of nitrogens with one attached hydrogen (secondary N) is 1. The summed E-state index contributed by atoms with van der Waals surface area (Å²) in [5.74, 6) is 2.14. The first-order valence-corrected chi connectivity index (χ1v) is 10.1. The highest BCUT2D eigenvalue weighted by Gasteiger charge is 2.35. The zero-order valence-corrected chi connectivity index (χ0v) is 16.1. The second-order valence-corrected chi connectivity index (χ2v) is 8.60. The van der Waals surface area contributed by atoms with Gasteiger partial charge in [0.05, 0.1) is 0 Å². The van der Waals surface area contributed by atoms with Gasteiger partial charge < -0.3 is 5.32 Å². The van der Waals surface area contributed by atoms with Crippen LogP contribution in [0.1, 0.15) is 58.4 Å². The smallest absolute Gasteiger partial charge is 0.227 e. The average molecular weight is 343 g/mol. The van der Waals surface area contributed by atoms with Crippen molar-refractivity contribution < 1.29 is 4.79 Å². The molecule has 1 heterocycles. The first-order chi connectivity index (χ1) is 12.0. The van der Waals surface area contributed by atoms with Crippen LogP contribution < -0.4 is 5.32 Å². The maximum absolute atomic E-state index is 12.9. The van der Waals surface area contributed by atoms with Crippen LogP contribution in [0.5, 0.6) is 0 Å². The van der Waals surface area contributed by atoms with Gasteiger partial charge in [-0.05, 0) is 74.2 Å². The molecule has 138 valence electrons. The SMILES string of the molecule is CC(C)C1CC[C@@H](C)C[C@H]1C(=O)Nc1ccc(CN2CCCC2)cc1. The number of nitrogens with zero attached hydrogens (tertiary/aromatic N) is 1. The molecule has 1 unspecified atom stereocenters. The van der Waals surface area contributed by atoms with Gasteiger partial charge in [0.15, 0.2) is 0 Å². The van der Waals surface area contributed by atoms with E-state index in [1.54, 1.807) is 0 Å². The molecule has 0 radical (unpaired) electrons. The van der Waals surface area contributed by atoms with Crippen molar-refractivity contribution in [2.75, 3.05) is 18.4 Å². The summed E-state index contributed by atoms with van der Waals surface area (Å²) >= 11 is 0. The molecule has 0 aromatic heterocycles. The summed E-state index contributed by atoms with van der Waals surface area (Å²) < 4.78 is 0. The van der Waals surface area contributed by atoms with Gasteiger partial charge in [0.25, 0.3) is 0 Å². The summed E-state index contributed by atoms with van der Waals surface area (Å²) in [5.41, 5.74) is 2.28. The molecule has 1 saturated heterocycles. The van der Waals surface area contributed by atoms with Crippen LogP contribution in [0, 0.1) is 23.7 Å². The third-order valence-electron chi connectivity index (χ3n) is 6.19. The third-order valence-corrected chi connectivity index (χ3v) is 6.19. The maximum Gasteiger partial charge on any atom is 0.227 e. The number of amides is 1. The van der Waals surface area contributed by atoms with Crippen LogP contribution in [-0.4, -0.2) is 23.9 Å². The lowest BCUT2D eigenvalue weighted by Crippen LogP contribution is -2.36. The summed E-state index contributed by atoms with van der Waals surface area (Å²) in [6, 6.07) is 8.47. The fourth-order valence-electron chi connectivity index (χ4n) is 4.63. The molecular weight excluding hydrogens is 308 g/mol. The van der Waals surface area contributed by atoms with E-state index in [0.29, 0.717) is 17.8 Å². The highest BCUT2D eigenvalue weighted by molar-refractivity contribution is 5.92. The zero-order chi connectivity index (χ0) is 17.8. The molecule has 3 rings (SSSR count). The predicted octanol–water partition coefficient (Wildman–Crippen LogP) is 4.93. The first-order valence-electron chi connectivity index (χ1n) is 10.1. The van der Waals surface area contributed by atoms with Crippen LogP contribution in [0.4, 0.5) is 5.69 Å². The van der Waals surface area contributed by atoms with Gasteiger partial charge in [0, 0.05) is 18.2 Å². The quantitative estimate of drug-likeness (QED) is 0.823. The predicted molar refractivity (Wildman–Crippen MR) is 104 cm³/mol. The summed E-state index contributed by atoms with van der Waals surface area (Å²) in [6.45, 7) is 10.3. The second kappa shape index (κ2) is 8.35. The van der Waals surface area contributed by atoms with Crippen LogP contribution in [0.2, 0.25) is 0 Å². The fraction of sp³-hybridized carbons (Fsp3) is 0.682. The summed E-state index contributed by atoms with van der Waals surface area (Å²) in [6.07, 6.45) is 6.13. The molecule has 3 atom stereocenters. The Hall–Kier alpha value is -1.35. The molecule has 2 aliphatic rings. The summed E-state index contributed by atoms with van der Waals surface area (Å²) in [7, 11) is 0. The number of hydrogen-bond acceptors (Lipinski definition) is 2. The van der Waals surface area contributed by atoms with E-state index in [-0.39, 0.29) is 11.8 Å². The van der Waals surface area contributed by atoms with Crippen LogP contribution in [0.3, 0.4) is 0 Å². The fourth-order valence-corrected chi connectivity index (χ4v) is 4.63. The lowest BCUT2D eigenvalue weighted by Gasteiger charge is -2.36. The molecule has 2 fully saturated rings. The minimum absolute atomic E-state index is 0.160. The zero-order valence-electron chi connectivity index (χ0n) is 16.1. The average Bonchev–Trinajstić information content (AvgIpc) is 3.09. The molecule has 1 aromatic rings. The van der Waals surface area contributed by atoms with Gasteiger partial charge in [0.2, 0.25) is 5.91 Å². The Morgan fingerprint density at radius 1 is 1.16 bits per heavy atom. The molecule has 25 heavy (non-hydrogen) atoms. The van der Waals surface area contributed by atoms with Gasteiger partial charge in [-0.15, -0.1) is 0 Å². The Morgan fingerprint density at radius 2 is 1.84 bits per heavy atom. The minimum Gasteiger partial charge on any atom is -0.326 e. The van der Waals surface area contributed by atoms with Crippen molar-refractivity contribution >= 4 is 11.6 Å². The van der Waals surface area contributed by atoms with Crippen molar-refractivity contribution in [1.82, 2.24) is 4.90 Å². The standard InChI is InChI=1S/C22H34N2O/c1-16(2)20-11-6-17(3)14-21(20)22(25)23-19-9-7-18(8-10-19)15-24-12-4-5-13-24/h7-10,16-17,20-21H,4-6,11-15H2,1-3H3,(H,23,25)/t17-,20?,21-/m1/s1. The lowest BCUT2D eigenvalue weighted by molar-refractivity contribution is -0.123. The van der Waals surface area contributed by atoms with Gasteiger partial charge in [-0.2, -0.15) is 0 Å². The molecule has 0 bridgehead atoms. The van der Waals surface area contributed by atoms with Crippen LogP contribution in [0.15, 0.2) is 24.3 Å². The van der Waals surface area contributed by atoms with Gasteiger partial charge in [0.1, 0.15) is 0 Å². The summed E-state index contributed by atoms with van der Waals surface area (Å²) in [4.78, 5) is 15.4. The number of likely N-dealkylation sites (tertiary alicyclic amines) is 1. The van der Waals surface area contributed by atoms with Gasteiger partial charge in [-0.1, -0.05) is 39.3 Å². The van der Waals surface area contributed by atoms with Crippen molar-refractivity contribution in [1.29, 1.82) is 0 Å². The maximum atomic E-state index is 12.9. The van der Waals surface area contributed by atoms with Crippen molar-refractivity contribution in [2.24, 2.45) is 23.7 Å². The molecule has 0 spiro atoms. The van der Waals surface area contributed by atoms with Crippen LogP contribution in [-0.2, 0) is 11.3 Å². The van der Waals surface area contributed by atoms with Crippen molar-refractivity contribution in [3.63, 3.8) is 0 Å². The Labute approximate surface area is 153 Å². The van der Waals surface area contributed by atoms with E-state index in [1.165, 1.54) is 44.3 Å². The van der Waals surface area contributed by atoms with Gasteiger partial charge in [-0.3, -0.25) is 9.69 Å². The molecule has 1 saturated carbocycles. The second-order valence-electron chi connectivity index (χ2n) is 8.60. The van der Waals surface area contributed by atoms with E-state index in [2.05, 4.69) is 55.3 Å². The van der Waals surface area contributed by atoms with Crippen LogP contribution >= 0.6 is 0 Å². The van der Waals surface area contributed by atoms with E-state index >= 15 is 0 Å². The van der Waals surface area contributed by atoms with Crippen molar-refractivity contribution in [3.05, 3.63) is 29.8 Å². The molecule has 3 heteroatoms. The topological polar surface area (TPSA) is 32.3 Å². The third kappa shape index (κ3) is 4.84. The molecule has 1 aliphatic heterocycles. The highest BCUT2D eigenvalue weighted by atomic mass is 16.1. The Kier molecular flexibility index (Phi) is 6.16. The normalized spacial score (nSPS) is 27.6. The monoisotopic (exact) mass is 342 g/mol. The number of carbonyl (C=O) groups is 1. The summed E-state index contributed by atoms with van der Waals surface area (Å²) in [5, 5.41) is 3.19. The molecular formula is C22H34N2O. The van der Waals surface area contributed by atoms with Crippen LogP contribution in [0.25, 0.3) is 0 Å². The van der Waals surface area contributed by atoms with E-state index in [9.17, 15) is 4.79 Å². The van der Waals surface area contributed by atoms with Gasteiger partial charge >= 0.3 is 0 Å². The number of carbonyl (C=O) groups excluding carboxylic acids is 1.